The molecule has 0 spiro atoms. The molecule has 1 atom stereocenters. The molecule has 0 fully saturated rings. The Morgan fingerprint density at radius 3 is 2.32 bits per heavy atom. The molecule has 2 aromatic carbocycles. The summed E-state index contributed by atoms with van der Waals surface area (Å²) in [5.74, 6) is -2.39. The molecule has 2 aromatic rings. The number of thioether (sulfide) groups is 1. The summed E-state index contributed by atoms with van der Waals surface area (Å²) in [7, 11) is 0. The smallest absolute Gasteiger partial charge is 0.235 e. The van der Waals surface area contributed by atoms with Gasteiger partial charge < -0.3 is 5.73 Å². The number of benzene rings is 2. The lowest BCUT2D eigenvalue weighted by molar-refractivity contribution is -0.117. The van der Waals surface area contributed by atoms with Crippen molar-refractivity contribution in [2.75, 3.05) is 0 Å². The molecule has 0 heterocycles. The number of carbonyl (C=O) groups excluding carboxylic acids is 1. The molecule has 2 N–H and O–H groups in total. The van der Waals surface area contributed by atoms with Gasteiger partial charge in [0.15, 0.2) is 11.6 Å². The largest absolute Gasteiger partial charge is 0.368 e. The highest BCUT2D eigenvalue weighted by atomic mass is 32.2. The third-order valence-electron chi connectivity index (χ3n) is 2.51. The van der Waals surface area contributed by atoms with E-state index in [0.29, 0.717) is 4.90 Å². The molecule has 0 aromatic heterocycles. The summed E-state index contributed by atoms with van der Waals surface area (Å²) >= 11 is 1.09. The number of carbonyl (C=O) groups is 1. The van der Waals surface area contributed by atoms with E-state index in [-0.39, 0.29) is 0 Å². The van der Waals surface area contributed by atoms with Gasteiger partial charge in [0.2, 0.25) is 5.91 Å². The Balaban J connectivity index is 2.27. The van der Waals surface area contributed by atoms with E-state index in [1.165, 1.54) is 6.07 Å². The first-order valence-corrected chi connectivity index (χ1v) is 6.42. The van der Waals surface area contributed by atoms with Crippen LogP contribution in [0.5, 0.6) is 0 Å². The Bertz CT molecular complexity index is 589. The maximum Gasteiger partial charge on any atom is 0.235 e. The average Bonchev–Trinajstić information content (AvgIpc) is 2.40. The summed E-state index contributed by atoms with van der Waals surface area (Å²) < 4.78 is 26.0. The first-order chi connectivity index (χ1) is 9.08. The van der Waals surface area contributed by atoms with Gasteiger partial charge in [0, 0.05) is 4.90 Å². The summed E-state index contributed by atoms with van der Waals surface area (Å²) in [4.78, 5) is 11.9. The molecule has 2 nitrogen and oxygen atoms in total. The molecule has 0 radical (unpaired) electrons. The third kappa shape index (κ3) is 3.32. The molecule has 0 aliphatic heterocycles. The Kier molecular flexibility index (Phi) is 4.16. The van der Waals surface area contributed by atoms with Crippen LogP contribution in [0.1, 0.15) is 10.8 Å². The normalized spacial score (nSPS) is 12.1. The molecule has 0 aliphatic rings. The van der Waals surface area contributed by atoms with Crippen LogP contribution in [0.25, 0.3) is 0 Å². The van der Waals surface area contributed by atoms with Crippen molar-refractivity contribution in [2.24, 2.45) is 5.73 Å². The zero-order valence-corrected chi connectivity index (χ0v) is 10.7. The predicted octanol–water partition coefficient (Wildman–Crippen LogP) is 3.28. The van der Waals surface area contributed by atoms with E-state index in [0.717, 1.165) is 29.5 Å². The third-order valence-corrected chi connectivity index (χ3v) is 3.77. The van der Waals surface area contributed by atoms with Crippen LogP contribution in [0.4, 0.5) is 8.78 Å². The van der Waals surface area contributed by atoms with Crippen molar-refractivity contribution in [3.63, 3.8) is 0 Å². The number of primary amides is 1. The molecular weight excluding hydrogens is 268 g/mol. The van der Waals surface area contributed by atoms with E-state index in [1.807, 2.05) is 6.07 Å². The van der Waals surface area contributed by atoms with Crippen LogP contribution in [-0.4, -0.2) is 5.91 Å². The standard InChI is InChI=1S/C14H11F2NOS/c15-11-7-6-10(8-12(11)16)19-13(14(17)18)9-4-2-1-3-5-9/h1-8,13H,(H2,17,18). The van der Waals surface area contributed by atoms with Gasteiger partial charge in [-0.25, -0.2) is 8.78 Å². The highest BCUT2D eigenvalue weighted by molar-refractivity contribution is 8.00. The van der Waals surface area contributed by atoms with Gasteiger partial charge in [-0.2, -0.15) is 0 Å². The zero-order valence-electron chi connectivity index (χ0n) is 9.85. The van der Waals surface area contributed by atoms with Gasteiger partial charge >= 0.3 is 0 Å². The van der Waals surface area contributed by atoms with Crippen LogP contribution in [0.2, 0.25) is 0 Å². The Morgan fingerprint density at radius 1 is 1.05 bits per heavy atom. The molecule has 0 bridgehead atoms. The van der Waals surface area contributed by atoms with E-state index in [1.54, 1.807) is 24.3 Å². The monoisotopic (exact) mass is 279 g/mol. The van der Waals surface area contributed by atoms with E-state index in [4.69, 9.17) is 5.73 Å². The van der Waals surface area contributed by atoms with Crippen LogP contribution in [0.3, 0.4) is 0 Å². The minimum absolute atomic E-state index is 0.451. The van der Waals surface area contributed by atoms with Crippen molar-refractivity contribution in [3.05, 3.63) is 65.7 Å². The summed E-state index contributed by atoms with van der Waals surface area (Å²) in [6, 6.07) is 12.4. The van der Waals surface area contributed by atoms with E-state index >= 15 is 0 Å². The fraction of sp³-hybridized carbons (Fsp3) is 0.0714. The fourth-order valence-electron chi connectivity index (χ4n) is 1.60. The van der Waals surface area contributed by atoms with E-state index in [9.17, 15) is 13.6 Å². The SMILES string of the molecule is NC(=O)C(Sc1ccc(F)c(F)c1)c1ccccc1. The second kappa shape index (κ2) is 5.84. The summed E-state index contributed by atoms with van der Waals surface area (Å²) in [5.41, 5.74) is 6.08. The number of hydrogen-bond donors (Lipinski definition) is 1. The molecule has 98 valence electrons. The van der Waals surface area contributed by atoms with Crippen molar-refractivity contribution in [3.8, 4) is 0 Å². The Labute approximate surface area is 113 Å². The van der Waals surface area contributed by atoms with Gasteiger partial charge in [-0.3, -0.25) is 4.79 Å². The maximum absolute atomic E-state index is 13.1. The first kappa shape index (κ1) is 13.5. The van der Waals surface area contributed by atoms with Gasteiger partial charge in [0.1, 0.15) is 5.25 Å². The van der Waals surface area contributed by atoms with Gasteiger partial charge in [0.25, 0.3) is 0 Å². The predicted molar refractivity (Wildman–Crippen MR) is 70.6 cm³/mol. The Morgan fingerprint density at radius 2 is 1.74 bits per heavy atom. The van der Waals surface area contributed by atoms with E-state index in [2.05, 4.69) is 0 Å². The lowest BCUT2D eigenvalue weighted by Crippen LogP contribution is -2.18. The van der Waals surface area contributed by atoms with Gasteiger partial charge in [-0.1, -0.05) is 30.3 Å². The average molecular weight is 279 g/mol. The number of nitrogens with two attached hydrogens (primary N) is 1. The summed E-state index contributed by atoms with van der Waals surface area (Å²) in [5, 5.41) is -0.633. The minimum Gasteiger partial charge on any atom is -0.368 e. The molecule has 1 amide bonds. The molecular formula is C14H11F2NOS. The van der Waals surface area contributed by atoms with Crippen molar-refractivity contribution in [1.29, 1.82) is 0 Å². The highest BCUT2D eigenvalue weighted by Crippen LogP contribution is 2.35. The van der Waals surface area contributed by atoms with Crippen LogP contribution in [0, 0.1) is 11.6 Å². The van der Waals surface area contributed by atoms with Crippen molar-refractivity contribution < 1.29 is 13.6 Å². The van der Waals surface area contributed by atoms with Crippen LogP contribution in [0.15, 0.2) is 53.4 Å². The van der Waals surface area contributed by atoms with Crippen molar-refractivity contribution >= 4 is 17.7 Å². The minimum atomic E-state index is -0.943. The second-order valence-electron chi connectivity index (χ2n) is 3.89. The molecule has 0 saturated carbocycles. The van der Waals surface area contributed by atoms with Crippen LogP contribution >= 0.6 is 11.8 Å². The molecule has 0 saturated heterocycles. The van der Waals surface area contributed by atoms with E-state index < -0.39 is 22.8 Å². The fourth-order valence-corrected chi connectivity index (χ4v) is 2.60. The topological polar surface area (TPSA) is 43.1 Å². The Hall–Kier alpha value is -1.88. The first-order valence-electron chi connectivity index (χ1n) is 5.54. The summed E-state index contributed by atoms with van der Waals surface area (Å²) in [6.07, 6.45) is 0. The zero-order chi connectivity index (χ0) is 13.8. The van der Waals surface area contributed by atoms with Gasteiger partial charge in [-0.15, -0.1) is 11.8 Å². The van der Waals surface area contributed by atoms with Crippen molar-refractivity contribution in [2.45, 2.75) is 10.1 Å². The molecule has 1 unspecified atom stereocenters. The molecule has 5 heteroatoms. The maximum atomic E-state index is 13.1. The van der Waals surface area contributed by atoms with Gasteiger partial charge in [-0.05, 0) is 23.8 Å². The lowest BCUT2D eigenvalue weighted by atomic mass is 10.1. The quantitative estimate of drug-likeness (QED) is 0.873. The summed E-state index contributed by atoms with van der Waals surface area (Å²) in [6.45, 7) is 0. The van der Waals surface area contributed by atoms with Crippen LogP contribution in [-0.2, 0) is 4.79 Å². The van der Waals surface area contributed by atoms with Crippen molar-refractivity contribution in [1.82, 2.24) is 0 Å². The van der Waals surface area contributed by atoms with Gasteiger partial charge in [0.05, 0.1) is 0 Å². The highest BCUT2D eigenvalue weighted by Gasteiger charge is 2.19. The number of hydrogen-bond acceptors (Lipinski definition) is 2. The number of rotatable bonds is 4. The molecule has 0 aliphatic carbocycles. The lowest BCUT2D eigenvalue weighted by Gasteiger charge is -2.13. The second-order valence-corrected chi connectivity index (χ2v) is 5.07. The molecule has 2 rings (SSSR count). The molecule has 19 heavy (non-hydrogen) atoms. The number of amides is 1. The van der Waals surface area contributed by atoms with Crippen LogP contribution < -0.4 is 5.73 Å². The number of halogens is 2.